The molecule has 1 heterocycles. The van der Waals surface area contributed by atoms with Crippen LogP contribution >= 0.6 is 11.8 Å². The van der Waals surface area contributed by atoms with Crippen LogP contribution in [0.2, 0.25) is 0 Å². The Labute approximate surface area is 179 Å². The summed E-state index contributed by atoms with van der Waals surface area (Å²) in [5.74, 6) is -0.992. The van der Waals surface area contributed by atoms with Crippen LogP contribution in [-0.2, 0) is 0 Å². The topological polar surface area (TPSA) is 70.2 Å². The number of hydrogen-bond donors (Lipinski definition) is 2. The molecule has 9 heteroatoms. The highest BCUT2D eigenvalue weighted by Crippen LogP contribution is 2.29. The van der Waals surface area contributed by atoms with Crippen LogP contribution < -0.4 is 15.5 Å². The normalized spacial score (nSPS) is 18.8. The first-order chi connectivity index (χ1) is 14.4. The molecule has 1 amide bonds. The maximum atomic E-state index is 12.7. The molecule has 1 aliphatic carbocycles. The van der Waals surface area contributed by atoms with Gasteiger partial charge < -0.3 is 15.5 Å². The van der Waals surface area contributed by atoms with Crippen LogP contribution in [0.5, 0.6) is 0 Å². The second-order valence-electron chi connectivity index (χ2n) is 7.58. The van der Waals surface area contributed by atoms with Crippen LogP contribution in [0, 0.1) is 5.92 Å². The molecule has 2 N–H and O–H groups in total. The fraction of sp³-hybridized carbons (Fsp3) is 0.476. The van der Waals surface area contributed by atoms with Gasteiger partial charge >= 0.3 is 0 Å². The number of carbonyl (C=O) groups is 1. The van der Waals surface area contributed by atoms with Crippen LogP contribution in [0.1, 0.15) is 36.0 Å². The number of nitrogens with zero attached hydrogens (tertiary/aromatic N) is 3. The Bertz CT molecular complexity index is 844. The highest BCUT2D eigenvalue weighted by atomic mass is 32.2. The molecule has 1 saturated carbocycles. The fourth-order valence-corrected chi connectivity index (χ4v) is 4.18. The Morgan fingerprint density at radius 3 is 2.63 bits per heavy atom. The third-order valence-electron chi connectivity index (χ3n) is 5.18. The molecular formula is C21H27F2N5OS. The van der Waals surface area contributed by atoms with Crippen LogP contribution in [0.4, 0.5) is 20.5 Å². The summed E-state index contributed by atoms with van der Waals surface area (Å²) in [5.41, 5.74) is 0.302. The van der Waals surface area contributed by atoms with E-state index in [1.807, 2.05) is 25.1 Å². The van der Waals surface area contributed by atoms with Gasteiger partial charge in [0.1, 0.15) is 5.82 Å². The Morgan fingerprint density at radius 1 is 1.20 bits per heavy atom. The lowest BCUT2D eigenvalue weighted by Crippen LogP contribution is -2.34. The van der Waals surface area contributed by atoms with Gasteiger partial charge in [0.05, 0.1) is 5.56 Å². The van der Waals surface area contributed by atoms with Gasteiger partial charge in [-0.25, -0.2) is 4.98 Å². The summed E-state index contributed by atoms with van der Waals surface area (Å²) < 4.78 is 25.4. The number of rotatable bonds is 8. The zero-order valence-electron chi connectivity index (χ0n) is 17.1. The Hall–Kier alpha value is -2.42. The third kappa shape index (κ3) is 6.29. The number of thioether (sulfide) groups is 1. The minimum Gasteiger partial charge on any atom is -0.363 e. The predicted molar refractivity (Wildman–Crippen MR) is 116 cm³/mol. The van der Waals surface area contributed by atoms with Gasteiger partial charge in [-0.05, 0) is 49.8 Å². The minimum atomic E-state index is -2.55. The first-order valence-corrected chi connectivity index (χ1v) is 10.9. The molecular weight excluding hydrogens is 408 g/mol. The number of carbonyl (C=O) groups excluding carboxylic acids is 1. The lowest BCUT2D eigenvalue weighted by atomic mass is 9.86. The fourth-order valence-electron chi connectivity index (χ4n) is 3.55. The number of benzene rings is 1. The van der Waals surface area contributed by atoms with E-state index in [0.717, 1.165) is 31.5 Å². The second kappa shape index (κ2) is 10.6. The van der Waals surface area contributed by atoms with Crippen molar-refractivity contribution in [2.75, 3.05) is 30.9 Å². The van der Waals surface area contributed by atoms with Crippen LogP contribution in [0.25, 0.3) is 0 Å². The molecule has 1 fully saturated rings. The van der Waals surface area contributed by atoms with Crippen molar-refractivity contribution in [1.29, 1.82) is 0 Å². The van der Waals surface area contributed by atoms with Gasteiger partial charge in [0.15, 0.2) is 0 Å². The van der Waals surface area contributed by atoms with Gasteiger partial charge in [-0.15, -0.1) is 0 Å². The van der Waals surface area contributed by atoms with Crippen LogP contribution in [-0.4, -0.2) is 48.3 Å². The Kier molecular flexibility index (Phi) is 7.84. The molecule has 0 radical (unpaired) electrons. The molecule has 162 valence electrons. The van der Waals surface area contributed by atoms with Gasteiger partial charge in [-0.3, -0.25) is 4.79 Å². The van der Waals surface area contributed by atoms with Gasteiger partial charge in [0, 0.05) is 37.8 Å². The van der Waals surface area contributed by atoms with E-state index in [2.05, 4.69) is 20.6 Å². The number of hydrogen-bond acceptors (Lipinski definition) is 6. The SMILES string of the molecule is CN(C)c1ccnc(N[C@H]2CC[C@@H](CNC(=O)c3ccccc3SC(F)F)CC2)n1. The maximum Gasteiger partial charge on any atom is 0.288 e. The lowest BCUT2D eigenvalue weighted by molar-refractivity contribution is 0.0940. The number of halogens is 2. The van der Waals surface area contributed by atoms with Crippen molar-refractivity contribution >= 4 is 29.4 Å². The summed E-state index contributed by atoms with van der Waals surface area (Å²) in [6.07, 6.45) is 5.62. The van der Waals surface area contributed by atoms with Crippen molar-refractivity contribution in [2.45, 2.75) is 42.4 Å². The number of amides is 1. The molecule has 0 bridgehead atoms. The van der Waals surface area contributed by atoms with E-state index in [-0.39, 0.29) is 5.91 Å². The molecule has 0 spiro atoms. The van der Waals surface area contributed by atoms with E-state index in [4.69, 9.17) is 0 Å². The standard InChI is InChI=1S/C21H27F2N5OS/c1-28(2)18-11-12-24-21(27-18)26-15-9-7-14(8-10-15)13-25-19(29)16-5-3-4-6-17(16)30-20(22)23/h3-6,11-12,14-15,20H,7-10,13H2,1-2H3,(H,25,29)(H,24,26,27)/t14-,15+. The molecule has 6 nitrogen and oxygen atoms in total. The summed E-state index contributed by atoms with van der Waals surface area (Å²) in [6, 6.07) is 8.65. The van der Waals surface area contributed by atoms with E-state index in [0.29, 0.717) is 46.7 Å². The first kappa shape index (κ1) is 22.3. The van der Waals surface area contributed by atoms with Crippen LogP contribution in [0.15, 0.2) is 41.4 Å². The van der Waals surface area contributed by atoms with Gasteiger partial charge in [0.25, 0.3) is 11.7 Å². The summed E-state index contributed by atoms with van der Waals surface area (Å²) >= 11 is 0.401. The van der Waals surface area contributed by atoms with Crippen molar-refractivity contribution in [3.63, 3.8) is 0 Å². The largest absolute Gasteiger partial charge is 0.363 e. The van der Waals surface area contributed by atoms with Gasteiger partial charge in [0.2, 0.25) is 5.95 Å². The molecule has 1 aliphatic rings. The zero-order chi connectivity index (χ0) is 21.5. The van der Waals surface area contributed by atoms with Crippen molar-refractivity contribution in [1.82, 2.24) is 15.3 Å². The Morgan fingerprint density at radius 2 is 1.93 bits per heavy atom. The highest BCUT2D eigenvalue weighted by Gasteiger charge is 2.23. The average molecular weight is 436 g/mol. The summed E-state index contributed by atoms with van der Waals surface area (Å²) in [7, 11) is 3.88. The van der Waals surface area contributed by atoms with E-state index in [1.54, 1.807) is 30.5 Å². The van der Waals surface area contributed by atoms with Crippen molar-refractivity contribution in [3.05, 3.63) is 42.1 Å². The number of anilines is 2. The predicted octanol–water partition coefficient (Wildman–Crippen LogP) is 4.26. The molecule has 1 aromatic heterocycles. The van der Waals surface area contributed by atoms with Crippen LogP contribution in [0.3, 0.4) is 0 Å². The summed E-state index contributed by atoms with van der Waals surface area (Å²) in [4.78, 5) is 23.5. The summed E-state index contributed by atoms with van der Waals surface area (Å²) in [5, 5.41) is 6.32. The molecule has 0 unspecified atom stereocenters. The summed E-state index contributed by atoms with van der Waals surface area (Å²) in [6.45, 7) is 0.547. The smallest absolute Gasteiger partial charge is 0.288 e. The third-order valence-corrected chi connectivity index (χ3v) is 5.97. The van der Waals surface area contributed by atoms with Gasteiger partial charge in [-0.1, -0.05) is 23.9 Å². The molecule has 1 aromatic carbocycles. The maximum absolute atomic E-state index is 12.7. The Balaban J connectivity index is 1.46. The minimum absolute atomic E-state index is 0.298. The first-order valence-electron chi connectivity index (χ1n) is 10.0. The number of aromatic nitrogens is 2. The van der Waals surface area contributed by atoms with E-state index in [1.165, 1.54) is 0 Å². The number of nitrogens with one attached hydrogen (secondary N) is 2. The van der Waals surface area contributed by atoms with E-state index >= 15 is 0 Å². The molecule has 3 rings (SSSR count). The molecule has 2 aromatic rings. The lowest BCUT2D eigenvalue weighted by Gasteiger charge is -2.29. The average Bonchev–Trinajstić information content (AvgIpc) is 2.73. The van der Waals surface area contributed by atoms with Crippen molar-refractivity contribution in [3.8, 4) is 0 Å². The monoisotopic (exact) mass is 435 g/mol. The molecule has 0 atom stereocenters. The van der Waals surface area contributed by atoms with Crippen molar-refractivity contribution in [2.24, 2.45) is 5.92 Å². The van der Waals surface area contributed by atoms with Crippen molar-refractivity contribution < 1.29 is 13.6 Å². The van der Waals surface area contributed by atoms with E-state index in [9.17, 15) is 13.6 Å². The van der Waals surface area contributed by atoms with Gasteiger partial charge in [-0.2, -0.15) is 13.8 Å². The highest BCUT2D eigenvalue weighted by molar-refractivity contribution is 7.99. The van der Waals surface area contributed by atoms with E-state index < -0.39 is 5.76 Å². The molecule has 0 saturated heterocycles. The quantitative estimate of drug-likeness (QED) is 0.604. The second-order valence-corrected chi connectivity index (χ2v) is 8.61. The molecule has 0 aliphatic heterocycles. The number of alkyl halides is 2. The zero-order valence-corrected chi connectivity index (χ0v) is 18.0. The molecule has 30 heavy (non-hydrogen) atoms.